The first kappa shape index (κ1) is 13.6. The molecule has 3 N–H and O–H groups in total. The second-order valence-corrected chi connectivity index (χ2v) is 4.61. The molecule has 2 aromatic carbocycles. The Balaban J connectivity index is 2.46. The highest BCUT2D eigenvalue weighted by Crippen LogP contribution is 2.26. The number of halogens is 2. The first-order valence-electron chi connectivity index (χ1n) is 6.01. The van der Waals surface area contributed by atoms with Crippen LogP contribution < -0.4 is 11.3 Å². The molecule has 0 aromatic heterocycles. The highest BCUT2D eigenvalue weighted by molar-refractivity contribution is 5.38. The Hall–Kier alpha value is -1.78. The van der Waals surface area contributed by atoms with Crippen molar-refractivity contribution in [2.45, 2.75) is 19.9 Å². The number of hydrogen-bond acceptors (Lipinski definition) is 2. The first-order chi connectivity index (χ1) is 9.02. The maximum absolute atomic E-state index is 13.3. The summed E-state index contributed by atoms with van der Waals surface area (Å²) in [7, 11) is 0. The molecule has 0 fully saturated rings. The third kappa shape index (κ3) is 2.80. The lowest BCUT2D eigenvalue weighted by Crippen LogP contribution is -2.29. The van der Waals surface area contributed by atoms with Gasteiger partial charge in [-0.15, -0.1) is 0 Å². The number of hydrazine groups is 1. The third-order valence-electron chi connectivity index (χ3n) is 3.22. The average Bonchev–Trinajstić information content (AvgIpc) is 2.37. The van der Waals surface area contributed by atoms with E-state index < -0.39 is 0 Å². The third-order valence-corrected chi connectivity index (χ3v) is 3.22. The van der Waals surface area contributed by atoms with Crippen molar-refractivity contribution in [2.75, 3.05) is 0 Å². The summed E-state index contributed by atoms with van der Waals surface area (Å²) in [6.45, 7) is 3.52. The minimum Gasteiger partial charge on any atom is -0.271 e. The van der Waals surface area contributed by atoms with E-state index in [2.05, 4.69) is 5.43 Å². The molecular weight excluding hydrogens is 246 g/mol. The molecule has 0 aliphatic rings. The molecule has 0 saturated heterocycles. The molecule has 0 saturated carbocycles. The molecule has 2 nitrogen and oxygen atoms in total. The van der Waals surface area contributed by atoms with Crippen molar-refractivity contribution in [3.63, 3.8) is 0 Å². The van der Waals surface area contributed by atoms with Crippen LogP contribution in [0.5, 0.6) is 0 Å². The van der Waals surface area contributed by atoms with Crippen molar-refractivity contribution in [1.82, 2.24) is 5.43 Å². The number of nitrogens with one attached hydrogen (secondary N) is 1. The van der Waals surface area contributed by atoms with Gasteiger partial charge < -0.3 is 0 Å². The van der Waals surface area contributed by atoms with E-state index in [0.29, 0.717) is 5.56 Å². The molecule has 2 rings (SSSR count). The Kier molecular flexibility index (Phi) is 3.93. The molecule has 1 unspecified atom stereocenters. The monoisotopic (exact) mass is 262 g/mol. The van der Waals surface area contributed by atoms with Crippen LogP contribution in [-0.4, -0.2) is 0 Å². The van der Waals surface area contributed by atoms with E-state index >= 15 is 0 Å². The summed E-state index contributed by atoms with van der Waals surface area (Å²) in [5, 5.41) is 0. The van der Waals surface area contributed by atoms with Crippen molar-refractivity contribution in [1.29, 1.82) is 0 Å². The number of hydrogen-bond donors (Lipinski definition) is 2. The summed E-state index contributed by atoms with van der Waals surface area (Å²) < 4.78 is 26.4. The summed E-state index contributed by atoms with van der Waals surface area (Å²) >= 11 is 0. The topological polar surface area (TPSA) is 38.0 Å². The molecule has 100 valence electrons. The average molecular weight is 262 g/mol. The van der Waals surface area contributed by atoms with Crippen LogP contribution in [0.3, 0.4) is 0 Å². The van der Waals surface area contributed by atoms with Crippen LogP contribution >= 0.6 is 0 Å². The minimum absolute atomic E-state index is 0.254. The van der Waals surface area contributed by atoms with Crippen molar-refractivity contribution in [2.24, 2.45) is 5.84 Å². The van der Waals surface area contributed by atoms with E-state index in [1.165, 1.54) is 18.2 Å². The molecule has 0 heterocycles. The highest BCUT2D eigenvalue weighted by atomic mass is 19.1. The van der Waals surface area contributed by atoms with Gasteiger partial charge in [0, 0.05) is 0 Å². The van der Waals surface area contributed by atoms with Gasteiger partial charge in [0.05, 0.1) is 6.04 Å². The smallest absolute Gasteiger partial charge is 0.126 e. The van der Waals surface area contributed by atoms with Gasteiger partial charge in [0.15, 0.2) is 0 Å². The number of nitrogens with two attached hydrogens (primary N) is 1. The molecule has 0 aliphatic carbocycles. The van der Waals surface area contributed by atoms with Gasteiger partial charge in [-0.25, -0.2) is 14.2 Å². The second kappa shape index (κ2) is 5.47. The van der Waals surface area contributed by atoms with Gasteiger partial charge in [-0.1, -0.05) is 18.2 Å². The number of aryl methyl sites for hydroxylation is 2. The molecule has 19 heavy (non-hydrogen) atoms. The molecule has 4 heteroatoms. The molecule has 0 amide bonds. The predicted molar refractivity (Wildman–Crippen MR) is 71.4 cm³/mol. The zero-order valence-corrected chi connectivity index (χ0v) is 10.9. The van der Waals surface area contributed by atoms with E-state index in [1.807, 2.05) is 6.92 Å². The summed E-state index contributed by atoms with van der Waals surface area (Å²) in [6.07, 6.45) is 0. The number of benzene rings is 2. The van der Waals surface area contributed by atoms with Crippen LogP contribution in [0.25, 0.3) is 0 Å². The van der Waals surface area contributed by atoms with Gasteiger partial charge in [-0.2, -0.15) is 0 Å². The summed E-state index contributed by atoms with van der Waals surface area (Å²) in [5.74, 6) is 5.06. The maximum atomic E-state index is 13.3. The van der Waals surface area contributed by atoms with Gasteiger partial charge >= 0.3 is 0 Å². The minimum atomic E-state index is -0.292. The summed E-state index contributed by atoms with van der Waals surface area (Å²) in [4.78, 5) is 0. The summed E-state index contributed by atoms with van der Waals surface area (Å²) in [6, 6.07) is 9.07. The fraction of sp³-hybridized carbons (Fsp3) is 0.200. The predicted octanol–water partition coefficient (Wildman–Crippen LogP) is 3.13. The van der Waals surface area contributed by atoms with E-state index in [1.54, 1.807) is 25.1 Å². The highest BCUT2D eigenvalue weighted by Gasteiger charge is 2.16. The largest absolute Gasteiger partial charge is 0.271 e. The lowest BCUT2D eigenvalue weighted by atomic mass is 9.94. The Bertz CT molecular complexity index is 597. The molecule has 2 aromatic rings. The van der Waals surface area contributed by atoms with Crippen LogP contribution in [-0.2, 0) is 0 Å². The normalized spacial score (nSPS) is 12.5. The molecular formula is C15H16F2N2. The fourth-order valence-corrected chi connectivity index (χ4v) is 2.18. The summed E-state index contributed by atoms with van der Waals surface area (Å²) in [5.41, 5.74) is 5.76. The molecule has 0 spiro atoms. The van der Waals surface area contributed by atoms with Gasteiger partial charge in [-0.05, 0) is 54.3 Å². The SMILES string of the molecule is Cc1cc(C(NN)c2ccc(F)cc2C)ccc1F. The zero-order chi connectivity index (χ0) is 14.0. The Morgan fingerprint density at radius 2 is 1.74 bits per heavy atom. The van der Waals surface area contributed by atoms with Crippen molar-refractivity contribution in [3.8, 4) is 0 Å². The van der Waals surface area contributed by atoms with E-state index in [-0.39, 0.29) is 17.7 Å². The van der Waals surface area contributed by atoms with E-state index in [4.69, 9.17) is 5.84 Å². The van der Waals surface area contributed by atoms with Crippen LogP contribution in [0, 0.1) is 25.5 Å². The molecule has 0 bridgehead atoms. The van der Waals surface area contributed by atoms with E-state index in [9.17, 15) is 8.78 Å². The standard InChI is InChI=1S/C15H16F2N2/c1-9-8-12(16)4-5-13(9)15(19-18)11-3-6-14(17)10(2)7-11/h3-8,15,19H,18H2,1-2H3. The Labute approximate surface area is 111 Å². The van der Waals surface area contributed by atoms with Crippen LogP contribution in [0.4, 0.5) is 8.78 Å². The van der Waals surface area contributed by atoms with Gasteiger partial charge in [0.25, 0.3) is 0 Å². The van der Waals surface area contributed by atoms with E-state index in [0.717, 1.165) is 16.7 Å². The number of rotatable bonds is 3. The second-order valence-electron chi connectivity index (χ2n) is 4.61. The lowest BCUT2D eigenvalue weighted by molar-refractivity contribution is 0.602. The van der Waals surface area contributed by atoms with Crippen molar-refractivity contribution in [3.05, 3.63) is 70.3 Å². The van der Waals surface area contributed by atoms with Crippen LogP contribution in [0.1, 0.15) is 28.3 Å². The van der Waals surface area contributed by atoms with Gasteiger partial charge in [-0.3, -0.25) is 5.84 Å². The molecule has 1 atom stereocenters. The zero-order valence-electron chi connectivity index (χ0n) is 10.9. The quantitative estimate of drug-likeness (QED) is 0.658. The van der Waals surface area contributed by atoms with Crippen LogP contribution in [0.15, 0.2) is 36.4 Å². The first-order valence-corrected chi connectivity index (χ1v) is 6.01. The van der Waals surface area contributed by atoms with Crippen molar-refractivity contribution >= 4 is 0 Å². The maximum Gasteiger partial charge on any atom is 0.126 e. The fourth-order valence-electron chi connectivity index (χ4n) is 2.18. The Morgan fingerprint density at radius 3 is 2.32 bits per heavy atom. The van der Waals surface area contributed by atoms with Gasteiger partial charge in [0.1, 0.15) is 11.6 Å². The Morgan fingerprint density at radius 1 is 1.00 bits per heavy atom. The lowest BCUT2D eigenvalue weighted by Gasteiger charge is -2.19. The molecule has 0 aliphatic heterocycles. The van der Waals surface area contributed by atoms with Gasteiger partial charge in [0.2, 0.25) is 0 Å². The van der Waals surface area contributed by atoms with Crippen molar-refractivity contribution < 1.29 is 8.78 Å². The molecule has 0 radical (unpaired) electrons. The van der Waals surface area contributed by atoms with Crippen LogP contribution in [0.2, 0.25) is 0 Å².